The summed E-state index contributed by atoms with van der Waals surface area (Å²) >= 11 is 0. The first-order valence-electron chi connectivity index (χ1n) is 23.6. The van der Waals surface area contributed by atoms with E-state index in [1.807, 2.05) is 0 Å². The third-order valence-corrected chi connectivity index (χ3v) is 11.6. The van der Waals surface area contributed by atoms with Crippen molar-refractivity contribution >= 4 is 5.91 Å². The Morgan fingerprint density at radius 1 is 0.596 bits per heavy atom. The molecule has 0 aromatic rings. The Kier molecular flexibility index (Phi) is 34.7. The Bertz CT molecular complexity index is 939. The molecule has 1 rings (SSSR count). The van der Waals surface area contributed by atoms with Gasteiger partial charge in [-0.1, -0.05) is 180 Å². The van der Waals surface area contributed by atoms with E-state index in [2.05, 4.69) is 31.3 Å². The first-order chi connectivity index (χ1) is 27.7. The second-order valence-corrected chi connectivity index (χ2v) is 16.8. The molecule has 1 saturated heterocycles. The van der Waals surface area contributed by atoms with Crippen LogP contribution in [0.3, 0.4) is 0 Å². The zero-order valence-corrected chi connectivity index (χ0v) is 36.3. The Morgan fingerprint density at radius 3 is 1.47 bits per heavy atom. The molecule has 0 spiro atoms. The molecule has 0 bridgehead atoms. The molecule has 11 heteroatoms. The van der Waals surface area contributed by atoms with Gasteiger partial charge in [0.2, 0.25) is 5.91 Å². The lowest BCUT2D eigenvalue weighted by atomic mass is 9.98. The number of hydrogen-bond acceptors (Lipinski definition) is 10. The van der Waals surface area contributed by atoms with E-state index in [4.69, 9.17) is 9.47 Å². The summed E-state index contributed by atoms with van der Waals surface area (Å²) in [6, 6.07) is -1.17. The van der Waals surface area contributed by atoms with Crippen molar-refractivity contribution in [2.45, 2.75) is 262 Å². The summed E-state index contributed by atoms with van der Waals surface area (Å²) in [6.45, 7) is 3.42. The maximum Gasteiger partial charge on any atom is 0.249 e. The third kappa shape index (κ3) is 26.6. The van der Waals surface area contributed by atoms with Crippen molar-refractivity contribution in [1.82, 2.24) is 5.32 Å². The van der Waals surface area contributed by atoms with Crippen LogP contribution in [-0.2, 0) is 14.3 Å². The molecule has 1 aliphatic rings. The van der Waals surface area contributed by atoms with Gasteiger partial charge >= 0.3 is 0 Å². The standard InChI is InChI=1S/C46H89NO10/c1-3-5-7-9-11-13-15-16-17-18-19-20-21-22-23-24-26-28-30-32-34-39(50)45(55)47-37(36-56-46-44(54)43(53)42(52)40(35-48)57-46)41(51)38(49)33-31-29-27-25-14-12-10-8-6-4-2/h20-21,37-44,46,48-54H,3-19,22-36H2,1-2H3,(H,47,55)/b21-20-. The summed E-state index contributed by atoms with van der Waals surface area (Å²) in [4.78, 5) is 13.1. The summed E-state index contributed by atoms with van der Waals surface area (Å²) in [6.07, 6.45) is 27.0. The molecule has 0 radical (unpaired) electrons. The minimum Gasteiger partial charge on any atom is -0.394 e. The van der Waals surface area contributed by atoms with Gasteiger partial charge in [-0.25, -0.2) is 0 Å². The van der Waals surface area contributed by atoms with Gasteiger partial charge < -0.3 is 50.5 Å². The Labute approximate surface area is 347 Å². The van der Waals surface area contributed by atoms with Crippen molar-refractivity contribution in [1.29, 1.82) is 0 Å². The number of aliphatic hydroxyl groups excluding tert-OH is 7. The normalized spacial score (nSPS) is 22.2. The Morgan fingerprint density at radius 2 is 1.02 bits per heavy atom. The van der Waals surface area contributed by atoms with Crippen LogP contribution in [-0.4, -0.2) is 110 Å². The summed E-state index contributed by atoms with van der Waals surface area (Å²) in [5.74, 6) is -0.702. The molecule has 0 aliphatic carbocycles. The van der Waals surface area contributed by atoms with E-state index < -0.39 is 74.2 Å². The molecule has 9 atom stereocenters. The molecule has 1 aliphatic heterocycles. The molecular weight excluding hydrogens is 727 g/mol. The quantitative estimate of drug-likeness (QED) is 0.0226. The number of allylic oxidation sites excluding steroid dienone is 2. The maximum absolute atomic E-state index is 13.1. The lowest BCUT2D eigenvalue weighted by molar-refractivity contribution is -0.303. The highest BCUT2D eigenvalue weighted by atomic mass is 16.7. The molecule has 1 heterocycles. The van der Waals surface area contributed by atoms with Crippen molar-refractivity contribution in [3.05, 3.63) is 12.2 Å². The predicted octanol–water partition coefficient (Wildman–Crippen LogP) is 7.67. The van der Waals surface area contributed by atoms with E-state index in [1.54, 1.807) is 0 Å². The number of rotatable bonds is 39. The number of carbonyl (C=O) groups is 1. The molecule has 338 valence electrons. The molecule has 1 fully saturated rings. The van der Waals surface area contributed by atoms with E-state index >= 15 is 0 Å². The fourth-order valence-corrected chi connectivity index (χ4v) is 7.61. The topological polar surface area (TPSA) is 189 Å². The van der Waals surface area contributed by atoms with Crippen molar-refractivity contribution in [3.8, 4) is 0 Å². The highest BCUT2D eigenvalue weighted by molar-refractivity contribution is 5.80. The van der Waals surface area contributed by atoms with Crippen LogP contribution in [0.15, 0.2) is 12.2 Å². The van der Waals surface area contributed by atoms with E-state index in [-0.39, 0.29) is 6.42 Å². The number of unbranched alkanes of at least 4 members (excludes halogenated alkanes) is 25. The van der Waals surface area contributed by atoms with Gasteiger partial charge in [0, 0.05) is 0 Å². The third-order valence-electron chi connectivity index (χ3n) is 11.6. The molecule has 57 heavy (non-hydrogen) atoms. The van der Waals surface area contributed by atoms with Gasteiger partial charge in [0.15, 0.2) is 6.29 Å². The predicted molar refractivity (Wildman–Crippen MR) is 229 cm³/mol. The first-order valence-corrected chi connectivity index (χ1v) is 23.6. The second-order valence-electron chi connectivity index (χ2n) is 16.8. The highest BCUT2D eigenvalue weighted by Gasteiger charge is 2.44. The highest BCUT2D eigenvalue weighted by Crippen LogP contribution is 2.23. The minimum absolute atomic E-state index is 0.255. The van der Waals surface area contributed by atoms with E-state index in [0.29, 0.717) is 19.3 Å². The fourth-order valence-electron chi connectivity index (χ4n) is 7.61. The zero-order chi connectivity index (χ0) is 41.9. The van der Waals surface area contributed by atoms with Crippen LogP contribution in [0.5, 0.6) is 0 Å². The number of nitrogens with one attached hydrogen (secondary N) is 1. The summed E-state index contributed by atoms with van der Waals surface area (Å²) in [7, 11) is 0. The first kappa shape index (κ1) is 53.9. The van der Waals surface area contributed by atoms with Gasteiger partial charge in [-0.3, -0.25) is 4.79 Å². The van der Waals surface area contributed by atoms with Crippen molar-refractivity contribution in [3.63, 3.8) is 0 Å². The van der Waals surface area contributed by atoms with Gasteiger partial charge in [-0.05, 0) is 38.5 Å². The van der Waals surface area contributed by atoms with Crippen molar-refractivity contribution < 1.29 is 50.0 Å². The average Bonchev–Trinajstić information content (AvgIpc) is 3.21. The van der Waals surface area contributed by atoms with Crippen LogP contribution in [0.1, 0.15) is 206 Å². The molecule has 8 N–H and O–H groups in total. The van der Waals surface area contributed by atoms with Crippen LogP contribution in [0, 0.1) is 0 Å². The summed E-state index contributed by atoms with van der Waals surface area (Å²) in [5.41, 5.74) is 0. The SMILES string of the molecule is CCCCCCCCCCCC/C=C\CCCCCCCCC(O)C(=O)NC(COC1OC(CO)C(O)C(O)C1O)C(O)C(O)CCCCCCCCCCCC. The van der Waals surface area contributed by atoms with Crippen LogP contribution in [0.25, 0.3) is 0 Å². The number of ether oxygens (including phenoxy) is 2. The minimum atomic E-state index is -1.66. The van der Waals surface area contributed by atoms with E-state index in [9.17, 15) is 40.5 Å². The summed E-state index contributed by atoms with van der Waals surface area (Å²) < 4.78 is 11.1. The lowest BCUT2D eigenvalue weighted by Gasteiger charge is -2.40. The number of aliphatic hydroxyl groups is 7. The molecule has 0 saturated carbocycles. The average molecular weight is 816 g/mol. The van der Waals surface area contributed by atoms with Crippen LogP contribution in [0.2, 0.25) is 0 Å². The van der Waals surface area contributed by atoms with Crippen LogP contribution in [0.4, 0.5) is 0 Å². The van der Waals surface area contributed by atoms with Gasteiger partial charge in [-0.2, -0.15) is 0 Å². The molecule has 9 unspecified atom stereocenters. The van der Waals surface area contributed by atoms with Crippen molar-refractivity contribution in [2.75, 3.05) is 13.2 Å². The molecule has 0 aromatic carbocycles. The summed E-state index contributed by atoms with van der Waals surface area (Å²) in [5, 5.41) is 75.5. The number of hydrogen-bond donors (Lipinski definition) is 8. The van der Waals surface area contributed by atoms with E-state index in [1.165, 1.54) is 116 Å². The van der Waals surface area contributed by atoms with Crippen molar-refractivity contribution in [2.24, 2.45) is 0 Å². The number of carbonyl (C=O) groups excluding carboxylic acids is 1. The molecule has 0 aromatic heterocycles. The maximum atomic E-state index is 13.1. The van der Waals surface area contributed by atoms with Gasteiger partial charge in [0.1, 0.15) is 36.6 Å². The molecule has 11 nitrogen and oxygen atoms in total. The Hall–Kier alpha value is -1.15. The second kappa shape index (κ2) is 36.7. The molecule has 1 amide bonds. The van der Waals surface area contributed by atoms with Crippen LogP contribution < -0.4 is 5.32 Å². The van der Waals surface area contributed by atoms with E-state index in [0.717, 1.165) is 51.4 Å². The lowest BCUT2D eigenvalue weighted by Crippen LogP contribution is -2.60. The van der Waals surface area contributed by atoms with Crippen LogP contribution >= 0.6 is 0 Å². The Balaban J connectivity index is 2.40. The monoisotopic (exact) mass is 816 g/mol. The fraction of sp³-hybridized carbons (Fsp3) is 0.935. The zero-order valence-electron chi connectivity index (χ0n) is 36.3. The van der Waals surface area contributed by atoms with Gasteiger partial charge in [-0.15, -0.1) is 0 Å². The molecular formula is C46H89NO10. The number of amides is 1. The largest absolute Gasteiger partial charge is 0.394 e. The smallest absolute Gasteiger partial charge is 0.249 e. The van der Waals surface area contributed by atoms with Gasteiger partial charge in [0.05, 0.1) is 25.4 Å². The van der Waals surface area contributed by atoms with Gasteiger partial charge in [0.25, 0.3) is 0 Å².